The van der Waals surface area contributed by atoms with E-state index in [0.29, 0.717) is 0 Å². The van der Waals surface area contributed by atoms with Gasteiger partial charge in [-0.25, -0.2) is 0 Å². The molecule has 0 aromatic heterocycles. The van der Waals surface area contributed by atoms with Gasteiger partial charge in [0.15, 0.2) is 0 Å². The number of benzene rings is 1. The molecule has 1 rings (SSSR count). The minimum absolute atomic E-state index is 0.0417. The van der Waals surface area contributed by atoms with Crippen LogP contribution < -0.4 is 4.23 Å². The summed E-state index contributed by atoms with van der Waals surface area (Å²) in [5.74, 6) is 0. The van der Waals surface area contributed by atoms with Crippen LogP contribution in [0, 0.1) is 6.07 Å². The minimum Gasteiger partial charge on any atom is -0.425 e. The SMILES string of the molecule is C[Si](C)(C)N(c1cc[c]cc1)[Si](C)(C)C.[Br][Mg][Br]. The minimum atomic E-state index is -1.28. The first kappa shape index (κ1) is 19.2. The molecule has 1 nitrogen and oxygen atoms in total. The second-order valence-electron chi connectivity index (χ2n) is 6.04. The number of hydrogen-bond acceptors (Lipinski definition) is 1. The second-order valence-corrected chi connectivity index (χ2v) is 24.1. The predicted octanol–water partition coefficient (Wildman–Crippen LogP) is 5.27. The molecule has 18 heavy (non-hydrogen) atoms. The normalized spacial score (nSPS) is 11.1. The smallest absolute Gasteiger partial charge is 0.425 e. The Labute approximate surface area is 136 Å². The fourth-order valence-electron chi connectivity index (χ4n) is 2.31. The molecule has 0 unspecified atom stereocenters. The van der Waals surface area contributed by atoms with Crippen LogP contribution in [-0.2, 0) is 0 Å². The summed E-state index contributed by atoms with van der Waals surface area (Å²) in [5, 5.41) is 0. The highest BCUT2D eigenvalue weighted by Gasteiger charge is 2.34. The Kier molecular flexibility index (Phi) is 9.02. The fraction of sp³-hybridized carbons (Fsp3) is 0.500. The fourth-order valence-corrected chi connectivity index (χ4v) is 12.2. The second kappa shape index (κ2) is 8.46. The van der Waals surface area contributed by atoms with Gasteiger partial charge in [-0.2, -0.15) is 0 Å². The van der Waals surface area contributed by atoms with E-state index in [0.717, 1.165) is 0 Å². The van der Waals surface area contributed by atoms with Crippen molar-refractivity contribution >= 4 is 63.9 Å². The lowest BCUT2D eigenvalue weighted by molar-refractivity contribution is 1.35. The Hall–Kier alpha value is 1.18. The van der Waals surface area contributed by atoms with Crippen LogP contribution in [0.2, 0.25) is 39.3 Å². The highest BCUT2D eigenvalue weighted by Crippen LogP contribution is 2.27. The molecule has 0 amide bonds. The number of hydrogen-bond donors (Lipinski definition) is 0. The van der Waals surface area contributed by atoms with Gasteiger partial charge in [0, 0.05) is 5.69 Å². The van der Waals surface area contributed by atoms with Gasteiger partial charge < -0.3 is 4.23 Å². The lowest BCUT2D eigenvalue weighted by Crippen LogP contribution is -2.59. The van der Waals surface area contributed by atoms with Crippen LogP contribution in [-0.4, -0.2) is 32.5 Å². The summed E-state index contributed by atoms with van der Waals surface area (Å²) in [6.07, 6.45) is 0. The Morgan fingerprint density at radius 1 is 0.944 bits per heavy atom. The summed E-state index contributed by atoms with van der Waals surface area (Å²) in [5.41, 5.74) is 1.38. The number of nitrogens with zero attached hydrogens (tertiary/aromatic N) is 1. The average Bonchev–Trinajstić information content (AvgIpc) is 2.15. The first-order chi connectivity index (χ1) is 8.14. The van der Waals surface area contributed by atoms with Gasteiger partial charge in [-0.3, -0.25) is 25.8 Å². The molecule has 1 aromatic carbocycles. The molecule has 0 fully saturated rings. The third-order valence-electron chi connectivity index (χ3n) is 2.30. The standard InChI is InChI=1S/C12H22NSi2.2BrH.Mg/c1-14(2,3)13(15(4,5)6)12-10-8-7-9-11-12;;;/h8-11H,1-6H3;2*1H;/q;;;+2/p-2. The topological polar surface area (TPSA) is 3.24 Å². The van der Waals surface area contributed by atoms with Crippen molar-refractivity contribution in [2.24, 2.45) is 0 Å². The van der Waals surface area contributed by atoms with E-state index in [1.54, 1.807) is 0 Å². The van der Waals surface area contributed by atoms with E-state index in [-0.39, 0.29) is 16.0 Å². The van der Waals surface area contributed by atoms with Crippen LogP contribution in [0.25, 0.3) is 0 Å². The molecule has 0 heterocycles. The van der Waals surface area contributed by atoms with Crippen LogP contribution in [0.15, 0.2) is 24.3 Å². The van der Waals surface area contributed by atoms with Crippen LogP contribution in [0.1, 0.15) is 0 Å². The molecule has 0 saturated heterocycles. The van der Waals surface area contributed by atoms with Crippen molar-refractivity contribution in [2.45, 2.75) is 39.3 Å². The molecule has 0 spiro atoms. The van der Waals surface area contributed by atoms with Crippen LogP contribution in [0.3, 0.4) is 0 Å². The summed E-state index contributed by atoms with van der Waals surface area (Å²) in [7, 11) is -2.56. The lowest BCUT2D eigenvalue weighted by atomic mass is 10.3. The number of rotatable bonds is 3. The molecular formula is C12H22Br2MgNSi2. The van der Waals surface area contributed by atoms with Gasteiger partial charge in [-0.15, -0.1) is 0 Å². The highest BCUT2D eigenvalue weighted by molar-refractivity contribution is 9.47. The van der Waals surface area contributed by atoms with Gasteiger partial charge in [0.1, 0.15) is 16.5 Å². The number of halogens is 2. The molecule has 6 heteroatoms. The predicted molar refractivity (Wildman–Crippen MR) is 98.1 cm³/mol. The molecule has 0 aliphatic rings. The molecule has 1 aromatic rings. The lowest BCUT2D eigenvalue weighted by Gasteiger charge is -2.45. The van der Waals surface area contributed by atoms with Crippen molar-refractivity contribution < 1.29 is 0 Å². The highest BCUT2D eigenvalue weighted by atomic mass is 79.9. The summed E-state index contributed by atoms with van der Waals surface area (Å²) in [6, 6.07) is 11.5. The van der Waals surface area contributed by atoms with Gasteiger partial charge in [-0.1, -0.05) is 51.4 Å². The average molecular weight is 421 g/mol. The zero-order valence-electron chi connectivity index (χ0n) is 12.2. The van der Waals surface area contributed by atoms with E-state index in [9.17, 15) is 0 Å². The molecule has 1 radical (unpaired) electrons. The van der Waals surface area contributed by atoms with E-state index >= 15 is 0 Å². The summed E-state index contributed by atoms with van der Waals surface area (Å²) in [4.78, 5) is 0. The Bertz CT molecular complexity index is 322. The van der Waals surface area contributed by atoms with Crippen LogP contribution in [0.5, 0.6) is 0 Å². The molecule has 99 valence electrons. The Balaban J connectivity index is 0.000000873. The van der Waals surface area contributed by atoms with Gasteiger partial charge in [0.05, 0.1) is 0 Å². The van der Waals surface area contributed by atoms with Crippen molar-refractivity contribution in [1.82, 2.24) is 0 Å². The third kappa shape index (κ3) is 7.09. The van der Waals surface area contributed by atoms with E-state index in [1.165, 1.54) is 5.69 Å². The molecule has 0 aliphatic carbocycles. The van der Waals surface area contributed by atoms with Crippen molar-refractivity contribution in [2.75, 3.05) is 4.23 Å². The molecule has 0 bridgehead atoms. The summed E-state index contributed by atoms with van der Waals surface area (Å²) >= 11 is 6.44. The summed E-state index contributed by atoms with van der Waals surface area (Å²) < 4.78 is 2.72. The molecule has 0 atom stereocenters. The van der Waals surface area contributed by atoms with Crippen LogP contribution in [0.4, 0.5) is 5.69 Å². The van der Waals surface area contributed by atoms with Gasteiger partial charge >= 0.3 is 16.0 Å². The largest absolute Gasteiger partial charge is 0.560 e. The zero-order chi connectivity index (χ0) is 14.4. The first-order valence-corrected chi connectivity index (χ1v) is 20.7. The maximum atomic E-state index is 3.20. The van der Waals surface area contributed by atoms with Gasteiger partial charge in [0.2, 0.25) is 0 Å². The number of anilines is 1. The van der Waals surface area contributed by atoms with E-state index < -0.39 is 16.5 Å². The van der Waals surface area contributed by atoms with Crippen molar-refractivity contribution in [1.29, 1.82) is 0 Å². The third-order valence-corrected chi connectivity index (χ3v) is 9.53. The van der Waals surface area contributed by atoms with Crippen LogP contribution >= 0.6 is 25.8 Å². The Morgan fingerprint density at radius 3 is 1.56 bits per heavy atom. The first-order valence-electron chi connectivity index (χ1n) is 6.03. The van der Waals surface area contributed by atoms with Gasteiger partial charge in [0.25, 0.3) is 0 Å². The maximum absolute atomic E-state index is 3.20. The van der Waals surface area contributed by atoms with E-state index in [2.05, 4.69) is 87.5 Å². The molecule has 0 aliphatic heterocycles. The van der Waals surface area contributed by atoms with Crippen molar-refractivity contribution in [3.05, 3.63) is 30.3 Å². The maximum Gasteiger partial charge on any atom is 0.560 e. The summed E-state index contributed by atoms with van der Waals surface area (Å²) in [6.45, 7) is 14.5. The van der Waals surface area contributed by atoms with Crippen molar-refractivity contribution in [3.63, 3.8) is 0 Å². The van der Waals surface area contributed by atoms with E-state index in [4.69, 9.17) is 0 Å². The molecule has 0 saturated carbocycles. The molecule has 0 N–H and O–H groups in total. The zero-order valence-corrected chi connectivity index (χ0v) is 18.8. The molecular weight excluding hydrogens is 398 g/mol. The van der Waals surface area contributed by atoms with E-state index in [1.807, 2.05) is 12.1 Å². The quantitative estimate of drug-likeness (QED) is 0.602. The monoisotopic (exact) mass is 418 g/mol. The van der Waals surface area contributed by atoms with Gasteiger partial charge in [-0.05, 0) is 18.2 Å². The van der Waals surface area contributed by atoms with Crippen molar-refractivity contribution in [3.8, 4) is 0 Å². The Morgan fingerprint density at radius 2 is 1.28 bits per heavy atom.